The van der Waals surface area contributed by atoms with E-state index in [-0.39, 0.29) is 5.56 Å². The van der Waals surface area contributed by atoms with Crippen LogP contribution in [0.4, 0.5) is 0 Å². The molecule has 0 amide bonds. The molecule has 0 N–H and O–H groups in total. The summed E-state index contributed by atoms with van der Waals surface area (Å²) in [5.74, 6) is 0.347. The van der Waals surface area contributed by atoms with Crippen LogP contribution >= 0.6 is 0 Å². The van der Waals surface area contributed by atoms with Crippen LogP contribution in [0.2, 0.25) is 0 Å². The fraction of sp³-hybridized carbons (Fsp3) is 0.158. The van der Waals surface area contributed by atoms with E-state index in [1.807, 2.05) is 61.5 Å². The average molecular weight is 306 g/mol. The number of ether oxygens (including phenoxy) is 1. The largest absolute Gasteiger partial charge is 0.473 e. The van der Waals surface area contributed by atoms with Gasteiger partial charge in [0.1, 0.15) is 12.9 Å². The summed E-state index contributed by atoms with van der Waals surface area (Å²) < 4.78 is 7.16. The third-order valence-electron chi connectivity index (χ3n) is 3.56. The molecule has 0 fully saturated rings. The van der Waals surface area contributed by atoms with Crippen LogP contribution in [-0.4, -0.2) is 9.55 Å². The van der Waals surface area contributed by atoms with Crippen LogP contribution in [0, 0.1) is 6.92 Å². The smallest absolute Gasteiger partial charge is 0.257 e. The monoisotopic (exact) mass is 306 g/mol. The maximum atomic E-state index is 12.1. The molecule has 0 aliphatic heterocycles. The lowest BCUT2D eigenvalue weighted by Gasteiger charge is -2.08. The van der Waals surface area contributed by atoms with Gasteiger partial charge in [-0.25, -0.2) is 4.98 Å². The molecule has 0 unspecified atom stereocenters. The van der Waals surface area contributed by atoms with E-state index in [4.69, 9.17) is 4.74 Å². The van der Waals surface area contributed by atoms with Crippen LogP contribution in [0.25, 0.3) is 0 Å². The Bertz CT molecular complexity index is 824. The summed E-state index contributed by atoms with van der Waals surface area (Å²) in [6.45, 7) is 2.94. The molecular weight excluding hydrogens is 288 g/mol. The van der Waals surface area contributed by atoms with Crippen LogP contribution in [0.1, 0.15) is 16.7 Å². The Morgan fingerprint density at radius 2 is 1.74 bits per heavy atom. The predicted octanol–water partition coefficient (Wildman–Crippen LogP) is 3.18. The fourth-order valence-corrected chi connectivity index (χ4v) is 2.23. The van der Waals surface area contributed by atoms with Crippen molar-refractivity contribution in [3.8, 4) is 5.88 Å². The molecule has 3 rings (SSSR count). The van der Waals surface area contributed by atoms with Crippen molar-refractivity contribution in [2.75, 3.05) is 0 Å². The molecule has 0 spiro atoms. The molecule has 0 saturated carbocycles. The lowest BCUT2D eigenvalue weighted by Crippen LogP contribution is -2.20. The van der Waals surface area contributed by atoms with E-state index in [0.717, 1.165) is 11.1 Å². The van der Waals surface area contributed by atoms with Gasteiger partial charge in [-0.1, -0.05) is 60.2 Å². The molecule has 0 bridgehead atoms. The molecule has 1 aromatic heterocycles. The maximum absolute atomic E-state index is 12.1. The lowest BCUT2D eigenvalue weighted by molar-refractivity contribution is 0.291. The molecule has 3 aromatic rings. The fourth-order valence-electron chi connectivity index (χ4n) is 2.23. The standard InChI is InChI=1S/C19H18N2O2/c1-15-7-9-17(10-8-15)13-23-18-11-19(22)21(14-20-18)12-16-5-3-2-4-6-16/h2-11,14H,12-13H2,1H3. The second kappa shape index (κ2) is 6.92. The number of benzene rings is 2. The highest BCUT2D eigenvalue weighted by molar-refractivity contribution is 5.21. The predicted molar refractivity (Wildman–Crippen MR) is 89.6 cm³/mol. The van der Waals surface area contributed by atoms with Gasteiger partial charge in [0, 0.05) is 0 Å². The quantitative estimate of drug-likeness (QED) is 0.727. The van der Waals surface area contributed by atoms with Crippen molar-refractivity contribution in [1.82, 2.24) is 9.55 Å². The van der Waals surface area contributed by atoms with E-state index in [1.165, 1.54) is 18.0 Å². The lowest BCUT2D eigenvalue weighted by atomic mass is 10.2. The van der Waals surface area contributed by atoms with Crippen LogP contribution < -0.4 is 10.3 Å². The molecule has 2 aromatic carbocycles. The van der Waals surface area contributed by atoms with E-state index in [1.54, 1.807) is 4.57 Å². The molecule has 0 atom stereocenters. The number of hydrogen-bond donors (Lipinski definition) is 0. The van der Waals surface area contributed by atoms with Crippen molar-refractivity contribution >= 4 is 0 Å². The molecule has 0 aliphatic carbocycles. The number of hydrogen-bond acceptors (Lipinski definition) is 3. The highest BCUT2D eigenvalue weighted by Crippen LogP contribution is 2.08. The third-order valence-corrected chi connectivity index (χ3v) is 3.56. The van der Waals surface area contributed by atoms with Crippen LogP contribution in [0.3, 0.4) is 0 Å². The summed E-state index contributed by atoms with van der Waals surface area (Å²) in [6, 6.07) is 19.3. The molecule has 0 saturated heterocycles. The van der Waals surface area contributed by atoms with Gasteiger partial charge in [0.15, 0.2) is 0 Å². The van der Waals surface area contributed by atoms with Crippen molar-refractivity contribution in [2.45, 2.75) is 20.1 Å². The Kier molecular flexibility index (Phi) is 4.52. The Morgan fingerprint density at radius 1 is 1.00 bits per heavy atom. The van der Waals surface area contributed by atoms with E-state index in [2.05, 4.69) is 4.98 Å². The molecule has 0 aliphatic rings. The Morgan fingerprint density at radius 3 is 2.43 bits per heavy atom. The second-order valence-corrected chi connectivity index (χ2v) is 5.45. The first kappa shape index (κ1) is 15.0. The molecule has 1 heterocycles. The molecule has 4 nitrogen and oxygen atoms in total. The Hall–Kier alpha value is -2.88. The topological polar surface area (TPSA) is 44.1 Å². The van der Waals surface area contributed by atoms with Gasteiger partial charge >= 0.3 is 0 Å². The van der Waals surface area contributed by atoms with Gasteiger partial charge in [-0.2, -0.15) is 0 Å². The van der Waals surface area contributed by atoms with Crippen LogP contribution in [-0.2, 0) is 13.2 Å². The summed E-state index contributed by atoms with van der Waals surface area (Å²) in [5.41, 5.74) is 3.19. The van der Waals surface area contributed by atoms with Crippen molar-refractivity contribution in [1.29, 1.82) is 0 Å². The summed E-state index contributed by atoms with van der Waals surface area (Å²) in [4.78, 5) is 16.4. The van der Waals surface area contributed by atoms with Crippen molar-refractivity contribution in [2.24, 2.45) is 0 Å². The number of aromatic nitrogens is 2. The third kappa shape index (κ3) is 4.07. The molecule has 4 heteroatoms. The zero-order chi connectivity index (χ0) is 16.1. The molecular formula is C19H18N2O2. The summed E-state index contributed by atoms with van der Waals surface area (Å²) in [7, 11) is 0. The SMILES string of the molecule is Cc1ccc(COc2cc(=O)n(Cc3ccccc3)cn2)cc1. The minimum atomic E-state index is -0.122. The summed E-state index contributed by atoms with van der Waals surface area (Å²) in [6.07, 6.45) is 1.53. The van der Waals surface area contributed by atoms with Crippen molar-refractivity contribution in [3.63, 3.8) is 0 Å². The van der Waals surface area contributed by atoms with Gasteiger partial charge in [0.2, 0.25) is 5.88 Å². The normalized spacial score (nSPS) is 10.5. The van der Waals surface area contributed by atoms with E-state index in [9.17, 15) is 4.79 Å². The second-order valence-electron chi connectivity index (χ2n) is 5.45. The minimum absolute atomic E-state index is 0.122. The highest BCUT2D eigenvalue weighted by Gasteiger charge is 2.03. The first-order chi connectivity index (χ1) is 11.2. The van der Waals surface area contributed by atoms with Crippen molar-refractivity contribution < 1.29 is 4.74 Å². The number of rotatable bonds is 5. The Labute approximate surface area is 135 Å². The maximum Gasteiger partial charge on any atom is 0.257 e. The van der Waals surface area contributed by atoms with Gasteiger partial charge in [0.25, 0.3) is 5.56 Å². The summed E-state index contributed by atoms with van der Waals surface area (Å²) >= 11 is 0. The number of nitrogens with zero attached hydrogens (tertiary/aromatic N) is 2. The van der Waals surface area contributed by atoms with Gasteiger partial charge in [-0.15, -0.1) is 0 Å². The zero-order valence-electron chi connectivity index (χ0n) is 13.0. The summed E-state index contributed by atoms with van der Waals surface area (Å²) in [5, 5.41) is 0. The molecule has 0 radical (unpaired) electrons. The van der Waals surface area contributed by atoms with E-state index < -0.39 is 0 Å². The van der Waals surface area contributed by atoms with Crippen LogP contribution in [0.15, 0.2) is 71.8 Å². The van der Waals surface area contributed by atoms with E-state index in [0.29, 0.717) is 19.0 Å². The van der Waals surface area contributed by atoms with Gasteiger partial charge in [-0.3, -0.25) is 9.36 Å². The molecule has 23 heavy (non-hydrogen) atoms. The first-order valence-corrected chi connectivity index (χ1v) is 7.49. The molecule has 116 valence electrons. The minimum Gasteiger partial charge on any atom is -0.473 e. The van der Waals surface area contributed by atoms with Crippen LogP contribution in [0.5, 0.6) is 5.88 Å². The van der Waals surface area contributed by atoms with E-state index >= 15 is 0 Å². The zero-order valence-corrected chi connectivity index (χ0v) is 13.0. The highest BCUT2D eigenvalue weighted by atomic mass is 16.5. The van der Waals surface area contributed by atoms with Gasteiger partial charge < -0.3 is 4.74 Å². The first-order valence-electron chi connectivity index (χ1n) is 7.49. The number of aryl methyl sites for hydroxylation is 1. The Balaban J connectivity index is 1.67. The average Bonchev–Trinajstić information content (AvgIpc) is 2.57. The van der Waals surface area contributed by atoms with Crippen molar-refractivity contribution in [3.05, 3.63) is 94.0 Å². The van der Waals surface area contributed by atoms with Gasteiger partial charge in [0.05, 0.1) is 12.6 Å². The van der Waals surface area contributed by atoms with Gasteiger partial charge in [-0.05, 0) is 18.1 Å².